The van der Waals surface area contributed by atoms with Crippen molar-refractivity contribution in [2.24, 2.45) is 5.73 Å². The molecular weight excluding hydrogens is 288 g/mol. The molecule has 104 valence electrons. The van der Waals surface area contributed by atoms with Crippen molar-refractivity contribution in [2.45, 2.75) is 32.3 Å². The highest BCUT2D eigenvalue weighted by Crippen LogP contribution is 2.26. The largest absolute Gasteiger partial charge is 0.471 e. The van der Waals surface area contributed by atoms with E-state index in [9.17, 15) is 0 Å². The SMILES string of the molecule is NC(=S)c1cc2c(nc1OCc1cccs1)CCCC2. The van der Waals surface area contributed by atoms with Crippen LogP contribution in [0.25, 0.3) is 0 Å². The molecule has 2 heterocycles. The average Bonchev–Trinajstić information content (AvgIpc) is 2.97. The van der Waals surface area contributed by atoms with Crippen LogP contribution in [-0.4, -0.2) is 9.97 Å². The highest BCUT2D eigenvalue weighted by molar-refractivity contribution is 7.80. The number of fused-ring (bicyclic) bond motifs is 1. The van der Waals surface area contributed by atoms with Crippen LogP contribution < -0.4 is 10.5 Å². The molecule has 3 nitrogen and oxygen atoms in total. The number of nitrogens with zero attached hydrogens (tertiary/aromatic N) is 1. The van der Waals surface area contributed by atoms with Gasteiger partial charge in [-0.15, -0.1) is 11.3 Å². The Kier molecular flexibility index (Phi) is 3.98. The number of hydrogen-bond donors (Lipinski definition) is 1. The zero-order valence-electron chi connectivity index (χ0n) is 11.1. The van der Waals surface area contributed by atoms with Gasteiger partial charge in [0.15, 0.2) is 0 Å². The van der Waals surface area contributed by atoms with Gasteiger partial charge in [0.05, 0.1) is 5.56 Å². The van der Waals surface area contributed by atoms with Crippen molar-refractivity contribution in [3.05, 3.63) is 45.3 Å². The Balaban J connectivity index is 1.89. The summed E-state index contributed by atoms with van der Waals surface area (Å²) in [5.41, 5.74) is 8.97. The minimum atomic E-state index is 0.354. The third-order valence-corrected chi connectivity index (χ3v) is 4.53. The summed E-state index contributed by atoms with van der Waals surface area (Å²) in [6.07, 6.45) is 4.48. The van der Waals surface area contributed by atoms with E-state index in [0.717, 1.165) is 24.1 Å². The van der Waals surface area contributed by atoms with Gasteiger partial charge >= 0.3 is 0 Å². The highest BCUT2D eigenvalue weighted by Gasteiger charge is 2.17. The maximum atomic E-state index is 5.84. The van der Waals surface area contributed by atoms with E-state index in [1.165, 1.54) is 23.3 Å². The first-order valence-electron chi connectivity index (χ1n) is 6.72. The van der Waals surface area contributed by atoms with Crippen molar-refractivity contribution in [1.29, 1.82) is 0 Å². The molecular formula is C15H16N2OS2. The van der Waals surface area contributed by atoms with E-state index >= 15 is 0 Å². The molecule has 0 amide bonds. The van der Waals surface area contributed by atoms with Crippen LogP contribution in [0.2, 0.25) is 0 Å². The number of pyridine rings is 1. The Labute approximate surface area is 127 Å². The maximum Gasteiger partial charge on any atom is 0.224 e. The fourth-order valence-corrected chi connectivity index (χ4v) is 3.20. The van der Waals surface area contributed by atoms with Crippen molar-refractivity contribution in [2.75, 3.05) is 0 Å². The van der Waals surface area contributed by atoms with E-state index in [1.807, 2.05) is 17.5 Å². The third kappa shape index (κ3) is 2.83. The molecule has 20 heavy (non-hydrogen) atoms. The number of thiocarbonyl (C=S) groups is 1. The van der Waals surface area contributed by atoms with Gasteiger partial charge in [-0.2, -0.15) is 0 Å². The van der Waals surface area contributed by atoms with E-state index in [4.69, 9.17) is 22.7 Å². The van der Waals surface area contributed by atoms with E-state index in [1.54, 1.807) is 11.3 Å². The predicted molar refractivity (Wildman–Crippen MR) is 85.4 cm³/mol. The molecule has 0 saturated carbocycles. The summed E-state index contributed by atoms with van der Waals surface area (Å²) in [5.74, 6) is 0.576. The number of rotatable bonds is 4. The molecule has 2 N–H and O–H groups in total. The van der Waals surface area contributed by atoms with Gasteiger partial charge in [0.2, 0.25) is 5.88 Å². The van der Waals surface area contributed by atoms with Crippen molar-refractivity contribution in [1.82, 2.24) is 4.98 Å². The van der Waals surface area contributed by atoms with Crippen molar-refractivity contribution in [3.63, 3.8) is 0 Å². The molecule has 0 aliphatic heterocycles. The van der Waals surface area contributed by atoms with E-state index in [0.29, 0.717) is 17.5 Å². The van der Waals surface area contributed by atoms with Crippen LogP contribution in [0.5, 0.6) is 5.88 Å². The Bertz CT molecular complexity index is 623. The summed E-state index contributed by atoms with van der Waals surface area (Å²) in [4.78, 5) is 6.17. The van der Waals surface area contributed by atoms with E-state index in [2.05, 4.69) is 11.1 Å². The van der Waals surface area contributed by atoms with Crippen LogP contribution in [0.3, 0.4) is 0 Å². The quantitative estimate of drug-likeness (QED) is 0.881. The number of ether oxygens (including phenoxy) is 1. The van der Waals surface area contributed by atoms with Crippen LogP contribution in [0.4, 0.5) is 0 Å². The standard InChI is InChI=1S/C15H16N2OS2/c16-14(19)12-8-10-4-1-2-6-13(10)17-15(12)18-9-11-5-3-7-20-11/h3,5,7-8H,1-2,4,6,9H2,(H2,16,19). The van der Waals surface area contributed by atoms with Gasteiger partial charge in [0.25, 0.3) is 0 Å². The van der Waals surface area contributed by atoms with Crippen LogP contribution in [-0.2, 0) is 19.4 Å². The van der Waals surface area contributed by atoms with Gasteiger partial charge in [-0.05, 0) is 48.8 Å². The second-order valence-electron chi connectivity index (χ2n) is 4.89. The first kappa shape index (κ1) is 13.5. The molecule has 0 radical (unpaired) electrons. The molecule has 5 heteroatoms. The molecule has 0 bridgehead atoms. The van der Waals surface area contributed by atoms with Gasteiger partial charge < -0.3 is 10.5 Å². The van der Waals surface area contributed by atoms with Gasteiger partial charge in [0.1, 0.15) is 11.6 Å². The van der Waals surface area contributed by atoms with Crippen molar-refractivity contribution >= 4 is 28.5 Å². The van der Waals surface area contributed by atoms with Crippen LogP contribution in [0, 0.1) is 0 Å². The zero-order chi connectivity index (χ0) is 13.9. The summed E-state index contributed by atoms with van der Waals surface area (Å²) in [6.45, 7) is 0.513. The molecule has 0 atom stereocenters. The molecule has 2 aromatic rings. The fourth-order valence-electron chi connectivity index (χ4n) is 2.44. The Morgan fingerprint density at radius 3 is 3.00 bits per heavy atom. The smallest absolute Gasteiger partial charge is 0.224 e. The summed E-state index contributed by atoms with van der Waals surface area (Å²) >= 11 is 6.80. The monoisotopic (exact) mass is 304 g/mol. The zero-order valence-corrected chi connectivity index (χ0v) is 12.7. The summed E-state index contributed by atoms with van der Waals surface area (Å²) < 4.78 is 5.84. The molecule has 1 aliphatic rings. The highest BCUT2D eigenvalue weighted by atomic mass is 32.1. The number of hydrogen-bond acceptors (Lipinski definition) is 4. The first-order chi connectivity index (χ1) is 9.74. The number of thiophene rings is 1. The van der Waals surface area contributed by atoms with Gasteiger partial charge in [-0.1, -0.05) is 18.3 Å². The average molecular weight is 304 g/mol. The lowest BCUT2D eigenvalue weighted by molar-refractivity contribution is 0.295. The lowest BCUT2D eigenvalue weighted by Crippen LogP contribution is -2.16. The second kappa shape index (κ2) is 5.89. The fraction of sp³-hybridized carbons (Fsp3) is 0.333. The van der Waals surface area contributed by atoms with E-state index in [-0.39, 0.29) is 0 Å². The molecule has 0 unspecified atom stereocenters. The first-order valence-corrected chi connectivity index (χ1v) is 8.00. The molecule has 0 spiro atoms. The molecule has 2 aromatic heterocycles. The number of nitrogens with two attached hydrogens (primary N) is 1. The van der Waals surface area contributed by atoms with Gasteiger partial charge in [-0.3, -0.25) is 0 Å². The summed E-state index contributed by atoms with van der Waals surface area (Å²) in [7, 11) is 0. The van der Waals surface area contributed by atoms with Crippen LogP contribution >= 0.6 is 23.6 Å². The molecule has 0 saturated heterocycles. The Morgan fingerprint density at radius 1 is 1.40 bits per heavy atom. The minimum Gasteiger partial charge on any atom is -0.471 e. The van der Waals surface area contributed by atoms with E-state index < -0.39 is 0 Å². The Morgan fingerprint density at radius 2 is 2.25 bits per heavy atom. The summed E-state index contributed by atoms with van der Waals surface area (Å²) in [6, 6.07) is 6.12. The number of aromatic nitrogens is 1. The van der Waals surface area contributed by atoms with Crippen LogP contribution in [0.15, 0.2) is 23.6 Å². The van der Waals surface area contributed by atoms with Crippen LogP contribution in [0.1, 0.15) is 34.5 Å². The molecule has 1 aliphatic carbocycles. The molecule has 0 aromatic carbocycles. The third-order valence-electron chi connectivity index (χ3n) is 3.46. The topological polar surface area (TPSA) is 48.1 Å². The van der Waals surface area contributed by atoms with Crippen molar-refractivity contribution in [3.8, 4) is 5.88 Å². The minimum absolute atomic E-state index is 0.354. The molecule has 0 fully saturated rings. The van der Waals surface area contributed by atoms with Gasteiger partial charge in [-0.25, -0.2) is 4.98 Å². The normalized spacial score (nSPS) is 13.8. The maximum absolute atomic E-state index is 5.84. The van der Waals surface area contributed by atoms with Gasteiger partial charge in [0, 0.05) is 10.6 Å². The lowest BCUT2D eigenvalue weighted by Gasteiger charge is -2.18. The Hall–Kier alpha value is -1.46. The summed E-state index contributed by atoms with van der Waals surface area (Å²) in [5, 5.41) is 2.04. The lowest BCUT2D eigenvalue weighted by atomic mass is 9.95. The van der Waals surface area contributed by atoms with Crippen molar-refractivity contribution < 1.29 is 4.74 Å². The predicted octanol–water partition coefficient (Wildman–Crippen LogP) is 3.24. The molecule has 3 rings (SSSR count). The second-order valence-corrected chi connectivity index (χ2v) is 6.36. The number of aryl methyl sites for hydroxylation is 2.